The maximum Gasteiger partial charge on any atom is 0.266 e. The van der Waals surface area contributed by atoms with Gasteiger partial charge in [0.25, 0.3) is 11.5 Å². The number of methoxy groups -OCH3 is 2. The van der Waals surface area contributed by atoms with E-state index in [1.54, 1.807) is 24.3 Å². The highest BCUT2D eigenvalue weighted by Gasteiger charge is 2.17. The van der Waals surface area contributed by atoms with E-state index in [0.29, 0.717) is 28.8 Å². The Morgan fingerprint density at radius 1 is 1.03 bits per heavy atom. The zero-order valence-electron chi connectivity index (χ0n) is 18.3. The van der Waals surface area contributed by atoms with Crippen LogP contribution < -0.4 is 25.1 Å². The Bertz CT molecular complexity index is 1200. The van der Waals surface area contributed by atoms with Gasteiger partial charge in [0.1, 0.15) is 5.82 Å². The van der Waals surface area contributed by atoms with Gasteiger partial charge in [-0.3, -0.25) is 9.59 Å². The maximum atomic E-state index is 13.7. The molecule has 33 heavy (non-hydrogen) atoms. The van der Waals surface area contributed by atoms with Crippen LogP contribution in [0.2, 0.25) is 0 Å². The molecule has 0 aliphatic heterocycles. The van der Waals surface area contributed by atoms with Gasteiger partial charge in [-0.05, 0) is 43.3 Å². The molecule has 1 N–H and O–H groups in total. The van der Waals surface area contributed by atoms with Crippen LogP contribution in [-0.4, -0.2) is 42.6 Å². The van der Waals surface area contributed by atoms with Crippen LogP contribution in [0.3, 0.4) is 0 Å². The molecule has 1 unspecified atom stereocenters. The van der Waals surface area contributed by atoms with Gasteiger partial charge in [0, 0.05) is 24.2 Å². The van der Waals surface area contributed by atoms with Crippen LogP contribution in [0.1, 0.15) is 6.92 Å². The SMILES string of the molecule is COc1ccc(-c2ccc(=O)n(CCNC(=O)C(C)Oc3ccc(F)cc3F)n2)cc1OC. The van der Waals surface area contributed by atoms with E-state index in [2.05, 4.69) is 10.4 Å². The summed E-state index contributed by atoms with van der Waals surface area (Å²) in [6.07, 6.45) is -1.03. The predicted molar refractivity (Wildman–Crippen MR) is 116 cm³/mol. The van der Waals surface area contributed by atoms with Crippen molar-refractivity contribution < 1.29 is 27.8 Å². The van der Waals surface area contributed by atoms with Gasteiger partial charge in [-0.25, -0.2) is 13.5 Å². The monoisotopic (exact) mass is 459 g/mol. The van der Waals surface area contributed by atoms with Crippen LogP contribution in [0.25, 0.3) is 11.3 Å². The Hall–Kier alpha value is -3.95. The fourth-order valence-electron chi connectivity index (χ4n) is 3.00. The van der Waals surface area contributed by atoms with Crippen LogP contribution in [0, 0.1) is 11.6 Å². The molecule has 8 nitrogen and oxygen atoms in total. The minimum absolute atomic E-state index is 0.0841. The summed E-state index contributed by atoms with van der Waals surface area (Å²) in [6, 6.07) is 11.0. The summed E-state index contributed by atoms with van der Waals surface area (Å²) in [7, 11) is 3.06. The zero-order valence-corrected chi connectivity index (χ0v) is 18.3. The van der Waals surface area contributed by atoms with Gasteiger partial charge in [-0.15, -0.1) is 0 Å². The number of hydrogen-bond donors (Lipinski definition) is 1. The molecule has 3 rings (SSSR count). The van der Waals surface area contributed by atoms with Crippen molar-refractivity contribution in [3.8, 4) is 28.5 Å². The Balaban J connectivity index is 1.63. The van der Waals surface area contributed by atoms with Gasteiger partial charge in [0.05, 0.1) is 26.5 Å². The lowest BCUT2D eigenvalue weighted by Crippen LogP contribution is -2.39. The van der Waals surface area contributed by atoms with Gasteiger partial charge in [0.15, 0.2) is 29.2 Å². The van der Waals surface area contributed by atoms with Gasteiger partial charge in [0.2, 0.25) is 0 Å². The molecule has 0 saturated carbocycles. The first-order chi connectivity index (χ1) is 15.8. The number of ether oxygens (including phenoxy) is 3. The van der Waals surface area contributed by atoms with E-state index in [9.17, 15) is 18.4 Å². The predicted octanol–water partition coefficient (Wildman–Crippen LogP) is 2.79. The molecule has 3 aromatic rings. The summed E-state index contributed by atoms with van der Waals surface area (Å²) in [6.45, 7) is 1.62. The van der Waals surface area contributed by atoms with E-state index < -0.39 is 23.6 Å². The number of carbonyl (C=O) groups excluding carboxylic acids is 1. The molecule has 0 bridgehead atoms. The first-order valence-electron chi connectivity index (χ1n) is 10.0. The number of carbonyl (C=O) groups is 1. The molecule has 0 aliphatic rings. The van der Waals surface area contributed by atoms with Gasteiger partial charge in [-0.2, -0.15) is 5.10 Å². The number of nitrogens with zero attached hydrogens (tertiary/aromatic N) is 2. The second kappa shape index (κ2) is 10.6. The highest BCUT2D eigenvalue weighted by atomic mass is 19.1. The molecule has 10 heteroatoms. The first-order valence-corrected chi connectivity index (χ1v) is 10.0. The van der Waals surface area contributed by atoms with E-state index >= 15 is 0 Å². The molecule has 1 aromatic heterocycles. The highest BCUT2D eigenvalue weighted by Crippen LogP contribution is 2.31. The highest BCUT2D eigenvalue weighted by molar-refractivity contribution is 5.80. The van der Waals surface area contributed by atoms with Gasteiger partial charge >= 0.3 is 0 Å². The van der Waals surface area contributed by atoms with Crippen LogP contribution in [0.4, 0.5) is 8.78 Å². The standard InChI is InChI=1S/C23H23F2N3O5/c1-14(33-19-8-5-16(24)13-17(19)25)23(30)26-10-11-28-22(29)9-6-18(27-28)15-4-7-20(31-2)21(12-15)32-3/h4-9,12-14H,10-11H2,1-3H3,(H,26,30). The van der Waals surface area contributed by atoms with Crippen LogP contribution in [-0.2, 0) is 11.3 Å². The molecular weight excluding hydrogens is 436 g/mol. The van der Waals surface area contributed by atoms with Crippen LogP contribution >= 0.6 is 0 Å². The number of aromatic nitrogens is 2. The second-order valence-electron chi connectivity index (χ2n) is 6.98. The van der Waals surface area contributed by atoms with Crippen molar-refractivity contribution in [1.29, 1.82) is 0 Å². The Morgan fingerprint density at radius 3 is 2.45 bits per heavy atom. The van der Waals surface area contributed by atoms with Crippen molar-refractivity contribution in [2.24, 2.45) is 0 Å². The smallest absolute Gasteiger partial charge is 0.266 e. The van der Waals surface area contributed by atoms with Crippen molar-refractivity contribution in [1.82, 2.24) is 15.1 Å². The van der Waals surface area contributed by atoms with Crippen molar-refractivity contribution >= 4 is 5.91 Å². The molecule has 0 saturated heterocycles. The Kier molecular flexibility index (Phi) is 7.60. The normalized spacial score (nSPS) is 11.5. The zero-order chi connectivity index (χ0) is 24.0. The summed E-state index contributed by atoms with van der Waals surface area (Å²) in [5, 5.41) is 6.95. The molecule has 1 amide bonds. The third kappa shape index (κ3) is 5.85. The van der Waals surface area contributed by atoms with Crippen LogP contribution in [0.15, 0.2) is 53.3 Å². The number of benzene rings is 2. The van der Waals surface area contributed by atoms with Crippen molar-refractivity contribution in [3.05, 3.63) is 70.5 Å². The Morgan fingerprint density at radius 2 is 1.76 bits per heavy atom. The van der Waals surface area contributed by atoms with Gasteiger partial charge in [-0.1, -0.05) is 0 Å². The summed E-state index contributed by atoms with van der Waals surface area (Å²) in [5.74, 6) is -1.33. The molecule has 0 aliphatic carbocycles. The number of hydrogen-bond acceptors (Lipinski definition) is 6. The van der Waals surface area contributed by atoms with Crippen LogP contribution in [0.5, 0.6) is 17.2 Å². The number of halogens is 2. The maximum absolute atomic E-state index is 13.7. The lowest BCUT2D eigenvalue weighted by Gasteiger charge is -2.15. The topological polar surface area (TPSA) is 91.7 Å². The summed E-state index contributed by atoms with van der Waals surface area (Å²) in [4.78, 5) is 24.4. The molecule has 0 spiro atoms. The largest absolute Gasteiger partial charge is 0.493 e. The quantitative estimate of drug-likeness (QED) is 0.529. The number of nitrogens with one attached hydrogen (secondary N) is 1. The molecule has 1 heterocycles. The minimum atomic E-state index is -1.03. The summed E-state index contributed by atoms with van der Waals surface area (Å²) in [5.41, 5.74) is 0.908. The summed E-state index contributed by atoms with van der Waals surface area (Å²) >= 11 is 0. The fraction of sp³-hybridized carbons (Fsp3) is 0.261. The van der Waals surface area contributed by atoms with Gasteiger partial charge < -0.3 is 19.5 Å². The minimum Gasteiger partial charge on any atom is -0.493 e. The fourth-order valence-corrected chi connectivity index (χ4v) is 3.00. The van der Waals surface area contributed by atoms with Crippen molar-refractivity contribution in [2.45, 2.75) is 19.6 Å². The molecule has 1 atom stereocenters. The van der Waals surface area contributed by atoms with E-state index in [-0.39, 0.29) is 24.4 Å². The van der Waals surface area contributed by atoms with E-state index in [4.69, 9.17) is 14.2 Å². The molecule has 2 aromatic carbocycles. The first kappa shape index (κ1) is 23.7. The van der Waals surface area contributed by atoms with E-state index in [0.717, 1.165) is 12.1 Å². The van der Waals surface area contributed by atoms with Crippen molar-refractivity contribution in [2.75, 3.05) is 20.8 Å². The molecule has 0 radical (unpaired) electrons. The Labute approximate surface area is 188 Å². The number of amides is 1. The molecular formula is C23H23F2N3O5. The van der Waals surface area contributed by atoms with E-state index in [1.807, 2.05) is 0 Å². The summed E-state index contributed by atoms with van der Waals surface area (Å²) < 4.78 is 43.7. The third-order valence-corrected chi connectivity index (χ3v) is 4.74. The number of rotatable bonds is 9. The molecule has 174 valence electrons. The third-order valence-electron chi connectivity index (χ3n) is 4.74. The lowest BCUT2D eigenvalue weighted by atomic mass is 10.1. The molecule has 0 fully saturated rings. The average Bonchev–Trinajstić information content (AvgIpc) is 2.81. The average molecular weight is 459 g/mol. The van der Waals surface area contributed by atoms with E-state index in [1.165, 1.54) is 31.9 Å². The second-order valence-corrected chi connectivity index (χ2v) is 6.98. The van der Waals surface area contributed by atoms with Crippen molar-refractivity contribution in [3.63, 3.8) is 0 Å². The lowest BCUT2D eigenvalue weighted by molar-refractivity contribution is -0.127.